The Labute approximate surface area is 91.8 Å². The molecule has 0 spiro atoms. The quantitative estimate of drug-likeness (QED) is 0.703. The fourth-order valence-corrected chi connectivity index (χ4v) is 1.80. The minimum absolute atomic E-state index is 0.374. The van der Waals surface area contributed by atoms with Gasteiger partial charge in [0.25, 0.3) is 0 Å². The number of amides is 2. The van der Waals surface area contributed by atoms with E-state index in [0.717, 1.165) is 22.6 Å². The molecule has 0 aliphatic carbocycles. The second-order valence-corrected chi connectivity index (χ2v) is 3.60. The number of hydrogen-bond acceptors (Lipinski definition) is 3. The van der Waals surface area contributed by atoms with E-state index in [0.29, 0.717) is 6.54 Å². The van der Waals surface area contributed by atoms with E-state index in [-0.39, 0.29) is 0 Å². The lowest BCUT2D eigenvalue weighted by atomic mass is 10.0. The molecule has 0 saturated heterocycles. The molecule has 0 bridgehead atoms. The number of fused-ring (bicyclic) bond motifs is 3. The molecule has 1 aromatic rings. The van der Waals surface area contributed by atoms with Gasteiger partial charge in [-0.25, -0.2) is 9.80 Å². The van der Waals surface area contributed by atoms with Gasteiger partial charge < -0.3 is 10.5 Å². The van der Waals surface area contributed by atoms with Crippen molar-refractivity contribution < 1.29 is 9.53 Å². The lowest BCUT2D eigenvalue weighted by Crippen LogP contribution is -2.29. The van der Waals surface area contributed by atoms with Gasteiger partial charge in [0, 0.05) is 11.1 Å². The van der Waals surface area contributed by atoms with Crippen molar-refractivity contribution in [3.05, 3.63) is 41.7 Å². The molecule has 2 amide bonds. The third kappa shape index (κ3) is 1.18. The van der Waals surface area contributed by atoms with Gasteiger partial charge in [0.05, 0.1) is 12.8 Å². The van der Waals surface area contributed by atoms with E-state index in [1.165, 1.54) is 5.01 Å². The van der Waals surface area contributed by atoms with Crippen molar-refractivity contribution in [1.82, 2.24) is 5.01 Å². The van der Waals surface area contributed by atoms with Gasteiger partial charge in [0.15, 0.2) is 0 Å². The number of carbonyl (C=O) groups is 1. The van der Waals surface area contributed by atoms with Crippen molar-refractivity contribution in [3.8, 4) is 5.75 Å². The molecule has 0 aromatic heterocycles. The predicted octanol–water partition coefficient (Wildman–Crippen LogP) is 1.06. The highest BCUT2D eigenvalue weighted by Gasteiger charge is 2.29. The van der Waals surface area contributed by atoms with Crippen LogP contribution in [-0.2, 0) is 0 Å². The Hall–Kier alpha value is -2.30. The monoisotopic (exact) mass is 215 g/mol. The van der Waals surface area contributed by atoms with Crippen molar-refractivity contribution in [2.24, 2.45) is 10.8 Å². The summed E-state index contributed by atoms with van der Waals surface area (Å²) in [6.45, 7) is 0.374. The summed E-state index contributed by atoms with van der Waals surface area (Å²) in [6.07, 6.45) is 1.62. The van der Waals surface area contributed by atoms with Gasteiger partial charge in [-0.2, -0.15) is 5.10 Å². The van der Waals surface area contributed by atoms with Crippen LogP contribution in [0, 0.1) is 0 Å². The Bertz CT molecular complexity index is 534. The SMILES string of the molecule is NC(=O)N1CC2=COc3ccccc3C2=N1. The summed E-state index contributed by atoms with van der Waals surface area (Å²) in [6, 6.07) is 7.00. The molecule has 0 atom stereocenters. The molecule has 2 aliphatic rings. The van der Waals surface area contributed by atoms with Crippen molar-refractivity contribution >= 4 is 11.7 Å². The number of nitrogens with two attached hydrogens (primary N) is 1. The minimum Gasteiger partial charge on any atom is -0.464 e. The van der Waals surface area contributed by atoms with Gasteiger partial charge in [-0.1, -0.05) is 12.1 Å². The fourth-order valence-electron chi connectivity index (χ4n) is 1.80. The Morgan fingerprint density at radius 3 is 3.06 bits per heavy atom. The first kappa shape index (κ1) is 8.96. The zero-order chi connectivity index (χ0) is 11.1. The van der Waals surface area contributed by atoms with E-state index in [2.05, 4.69) is 5.10 Å². The van der Waals surface area contributed by atoms with Gasteiger partial charge >= 0.3 is 6.03 Å². The molecule has 0 saturated carbocycles. The van der Waals surface area contributed by atoms with Crippen molar-refractivity contribution in [2.75, 3.05) is 6.54 Å². The highest BCUT2D eigenvalue weighted by molar-refractivity contribution is 6.16. The number of ether oxygens (including phenoxy) is 1. The van der Waals surface area contributed by atoms with E-state index in [1.807, 2.05) is 24.3 Å². The number of para-hydroxylation sites is 1. The maximum atomic E-state index is 11.0. The molecule has 2 aliphatic heterocycles. The number of urea groups is 1. The van der Waals surface area contributed by atoms with Crippen LogP contribution in [0.1, 0.15) is 5.56 Å². The maximum Gasteiger partial charge on any atom is 0.335 e. The normalized spacial score (nSPS) is 16.9. The highest BCUT2D eigenvalue weighted by Crippen LogP contribution is 2.30. The molecule has 0 unspecified atom stereocenters. The lowest BCUT2D eigenvalue weighted by Gasteiger charge is -2.13. The van der Waals surface area contributed by atoms with Crippen molar-refractivity contribution in [3.63, 3.8) is 0 Å². The Morgan fingerprint density at radius 2 is 2.25 bits per heavy atom. The second kappa shape index (κ2) is 3.10. The molecule has 5 nitrogen and oxygen atoms in total. The van der Waals surface area contributed by atoms with Crippen molar-refractivity contribution in [2.45, 2.75) is 0 Å². The van der Waals surface area contributed by atoms with E-state index >= 15 is 0 Å². The zero-order valence-corrected chi connectivity index (χ0v) is 8.38. The Balaban J connectivity index is 2.10. The first-order valence-corrected chi connectivity index (χ1v) is 4.87. The van der Waals surface area contributed by atoms with E-state index in [9.17, 15) is 4.79 Å². The van der Waals surface area contributed by atoms with Crippen LogP contribution in [0.25, 0.3) is 0 Å². The van der Waals surface area contributed by atoms with Gasteiger partial charge in [0.2, 0.25) is 0 Å². The zero-order valence-electron chi connectivity index (χ0n) is 8.38. The summed E-state index contributed by atoms with van der Waals surface area (Å²) in [5, 5.41) is 5.41. The number of nitrogens with zero attached hydrogens (tertiary/aromatic N) is 2. The Morgan fingerprint density at radius 1 is 1.44 bits per heavy atom. The first-order valence-electron chi connectivity index (χ1n) is 4.87. The van der Waals surface area contributed by atoms with E-state index in [4.69, 9.17) is 10.5 Å². The summed E-state index contributed by atoms with van der Waals surface area (Å²) in [4.78, 5) is 11.0. The van der Waals surface area contributed by atoms with Crippen LogP contribution in [0.4, 0.5) is 4.79 Å². The summed E-state index contributed by atoms with van der Waals surface area (Å²) in [5.41, 5.74) is 7.71. The maximum absolute atomic E-state index is 11.0. The van der Waals surface area contributed by atoms with Gasteiger partial charge in [-0.3, -0.25) is 0 Å². The highest BCUT2D eigenvalue weighted by atomic mass is 16.5. The van der Waals surface area contributed by atoms with Gasteiger partial charge in [0.1, 0.15) is 11.5 Å². The summed E-state index contributed by atoms with van der Waals surface area (Å²) >= 11 is 0. The average Bonchev–Trinajstić information content (AvgIpc) is 2.73. The predicted molar refractivity (Wildman–Crippen MR) is 58.0 cm³/mol. The molecule has 2 heterocycles. The number of hydrazone groups is 1. The smallest absolute Gasteiger partial charge is 0.335 e. The summed E-state index contributed by atoms with van der Waals surface area (Å²) in [5.74, 6) is 0.747. The molecular formula is C11H9N3O2. The largest absolute Gasteiger partial charge is 0.464 e. The van der Waals surface area contributed by atoms with Gasteiger partial charge in [-0.15, -0.1) is 0 Å². The van der Waals surface area contributed by atoms with E-state index < -0.39 is 6.03 Å². The molecule has 1 aromatic carbocycles. The standard InChI is InChI=1S/C11H9N3O2/c12-11(15)14-5-7-6-16-9-4-2-1-3-8(9)10(7)13-14/h1-4,6H,5H2,(H2,12,15). The summed E-state index contributed by atoms with van der Waals surface area (Å²) in [7, 11) is 0. The third-order valence-electron chi connectivity index (χ3n) is 2.57. The van der Waals surface area contributed by atoms with Crippen LogP contribution in [0.15, 0.2) is 41.2 Å². The molecule has 80 valence electrons. The molecular weight excluding hydrogens is 206 g/mol. The number of rotatable bonds is 0. The van der Waals surface area contributed by atoms with Crippen LogP contribution < -0.4 is 10.5 Å². The van der Waals surface area contributed by atoms with Crippen LogP contribution in [0.2, 0.25) is 0 Å². The second-order valence-electron chi connectivity index (χ2n) is 3.60. The average molecular weight is 215 g/mol. The third-order valence-corrected chi connectivity index (χ3v) is 2.57. The first-order chi connectivity index (χ1) is 7.75. The number of benzene rings is 1. The summed E-state index contributed by atoms with van der Waals surface area (Å²) < 4.78 is 5.44. The van der Waals surface area contributed by atoms with Crippen LogP contribution in [0.5, 0.6) is 5.75 Å². The molecule has 16 heavy (non-hydrogen) atoms. The number of hydrogen-bond donors (Lipinski definition) is 1. The van der Waals surface area contributed by atoms with Gasteiger partial charge in [-0.05, 0) is 12.1 Å². The van der Waals surface area contributed by atoms with Crippen LogP contribution in [0.3, 0.4) is 0 Å². The molecule has 0 radical (unpaired) electrons. The van der Waals surface area contributed by atoms with Crippen LogP contribution in [-0.4, -0.2) is 23.3 Å². The molecule has 5 heteroatoms. The molecule has 3 rings (SSSR count). The molecule has 2 N–H and O–H groups in total. The van der Waals surface area contributed by atoms with Crippen LogP contribution >= 0.6 is 0 Å². The van der Waals surface area contributed by atoms with E-state index in [1.54, 1.807) is 6.26 Å². The topological polar surface area (TPSA) is 67.9 Å². The lowest BCUT2D eigenvalue weighted by molar-refractivity contribution is 0.217. The minimum atomic E-state index is -0.555. The molecule has 0 fully saturated rings. The number of primary amides is 1. The van der Waals surface area contributed by atoms with Crippen molar-refractivity contribution in [1.29, 1.82) is 0 Å². The number of carbonyl (C=O) groups excluding carboxylic acids is 1. The Kier molecular flexibility index (Phi) is 1.73. The fraction of sp³-hybridized carbons (Fsp3) is 0.0909.